The second kappa shape index (κ2) is 8.81. The maximum absolute atomic E-state index is 13.8. The van der Waals surface area contributed by atoms with Crippen molar-refractivity contribution in [2.75, 3.05) is 5.32 Å². The number of amides is 1. The highest BCUT2D eigenvalue weighted by atomic mass is 19.4. The minimum atomic E-state index is -4.61. The quantitative estimate of drug-likeness (QED) is 0.438. The summed E-state index contributed by atoms with van der Waals surface area (Å²) in [5, 5.41) is 13.6. The molecule has 4 rings (SSSR count). The van der Waals surface area contributed by atoms with Gasteiger partial charge in [0.15, 0.2) is 5.82 Å². The third kappa shape index (κ3) is 5.05. The van der Waals surface area contributed by atoms with Crippen LogP contribution in [0.4, 0.5) is 27.8 Å². The maximum atomic E-state index is 13.8. The third-order valence-electron chi connectivity index (χ3n) is 4.70. The molecule has 0 unspecified atom stereocenters. The molecule has 0 saturated heterocycles. The molecule has 2 aromatic carbocycles. The lowest BCUT2D eigenvalue weighted by molar-refractivity contribution is -0.138. The van der Waals surface area contributed by atoms with Gasteiger partial charge in [0.2, 0.25) is 0 Å². The first-order chi connectivity index (χ1) is 15.7. The molecule has 0 aliphatic heterocycles. The highest BCUT2D eigenvalue weighted by molar-refractivity contribution is 6.04. The summed E-state index contributed by atoms with van der Waals surface area (Å²) in [6.07, 6.45) is -0.307. The van der Waals surface area contributed by atoms with Crippen LogP contribution in [0, 0.1) is 11.6 Å². The van der Waals surface area contributed by atoms with Gasteiger partial charge in [0.25, 0.3) is 5.91 Å². The Labute approximate surface area is 183 Å². The number of carbonyl (C=O) groups excluding carboxylic acids is 1. The largest absolute Gasteiger partial charge is 0.416 e. The predicted molar refractivity (Wildman–Crippen MR) is 106 cm³/mol. The summed E-state index contributed by atoms with van der Waals surface area (Å²) in [7, 11) is 0. The van der Waals surface area contributed by atoms with Crippen LogP contribution in [0.25, 0.3) is 0 Å². The highest BCUT2D eigenvalue weighted by Crippen LogP contribution is 2.33. The molecule has 0 aliphatic rings. The molecule has 0 bridgehead atoms. The van der Waals surface area contributed by atoms with Crippen LogP contribution in [0.5, 0.6) is 0 Å². The number of rotatable bonds is 6. The smallest absolute Gasteiger partial charge is 0.305 e. The minimum Gasteiger partial charge on any atom is -0.305 e. The second-order valence-electron chi connectivity index (χ2n) is 7.04. The molecule has 170 valence electrons. The summed E-state index contributed by atoms with van der Waals surface area (Å²) in [5.41, 5.74) is -1.29. The second-order valence-corrected chi connectivity index (χ2v) is 7.04. The molecule has 4 aromatic rings. The van der Waals surface area contributed by atoms with Crippen LogP contribution in [-0.2, 0) is 19.3 Å². The van der Waals surface area contributed by atoms with E-state index in [4.69, 9.17) is 0 Å². The number of nitrogens with zero attached hydrogens (tertiary/aromatic N) is 5. The van der Waals surface area contributed by atoms with E-state index in [1.165, 1.54) is 40.1 Å². The topological polar surface area (TPSA) is 77.6 Å². The van der Waals surface area contributed by atoms with Gasteiger partial charge in [0.05, 0.1) is 24.8 Å². The van der Waals surface area contributed by atoms with Crippen molar-refractivity contribution >= 4 is 11.7 Å². The summed E-state index contributed by atoms with van der Waals surface area (Å²) in [6, 6.07) is 8.20. The first-order valence-electron chi connectivity index (χ1n) is 9.52. The van der Waals surface area contributed by atoms with E-state index in [1.54, 1.807) is 6.07 Å². The Morgan fingerprint density at radius 3 is 2.39 bits per heavy atom. The molecule has 2 aromatic heterocycles. The Balaban J connectivity index is 1.53. The molecule has 2 heterocycles. The number of alkyl halides is 3. The van der Waals surface area contributed by atoms with E-state index in [0.717, 1.165) is 24.3 Å². The van der Waals surface area contributed by atoms with Crippen molar-refractivity contribution in [3.8, 4) is 0 Å². The molecule has 7 nitrogen and oxygen atoms in total. The summed E-state index contributed by atoms with van der Waals surface area (Å²) < 4.78 is 71.1. The molecule has 0 atom stereocenters. The number of aromatic nitrogens is 5. The average Bonchev–Trinajstić information content (AvgIpc) is 3.40. The first-order valence-corrected chi connectivity index (χ1v) is 9.52. The summed E-state index contributed by atoms with van der Waals surface area (Å²) in [6.45, 7) is -0.129. The van der Waals surface area contributed by atoms with E-state index in [9.17, 15) is 26.7 Å². The van der Waals surface area contributed by atoms with Gasteiger partial charge in [-0.3, -0.25) is 9.48 Å². The maximum Gasteiger partial charge on any atom is 0.416 e. The van der Waals surface area contributed by atoms with Crippen LogP contribution < -0.4 is 5.32 Å². The van der Waals surface area contributed by atoms with Crippen LogP contribution in [-0.4, -0.2) is 30.7 Å². The number of benzene rings is 2. The molecule has 0 spiro atoms. The van der Waals surface area contributed by atoms with Gasteiger partial charge < -0.3 is 5.32 Å². The zero-order chi connectivity index (χ0) is 23.6. The van der Waals surface area contributed by atoms with Crippen LogP contribution in [0.2, 0.25) is 0 Å². The third-order valence-corrected chi connectivity index (χ3v) is 4.70. The fourth-order valence-electron chi connectivity index (χ4n) is 3.21. The monoisotopic (exact) mass is 462 g/mol. The van der Waals surface area contributed by atoms with E-state index in [0.29, 0.717) is 5.56 Å². The molecular weight excluding hydrogens is 447 g/mol. The van der Waals surface area contributed by atoms with Crippen molar-refractivity contribution in [3.05, 3.63) is 94.9 Å². The van der Waals surface area contributed by atoms with Gasteiger partial charge in [-0.25, -0.2) is 13.5 Å². The molecular formula is C21H15F5N6O. The molecule has 33 heavy (non-hydrogen) atoms. The fraction of sp³-hybridized carbons (Fsp3) is 0.143. The number of nitrogens with one attached hydrogen (secondary N) is 1. The Kier molecular flexibility index (Phi) is 5.90. The van der Waals surface area contributed by atoms with Crippen molar-refractivity contribution in [1.29, 1.82) is 0 Å². The van der Waals surface area contributed by atoms with Crippen LogP contribution in [0.3, 0.4) is 0 Å². The van der Waals surface area contributed by atoms with Gasteiger partial charge in [-0.15, -0.1) is 5.10 Å². The van der Waals surface area contributed by atoms with E-state index in [1.807, 2.05) is 0 Å². The molecule has 0 fully saturated rings. The van der Waals surface area contributed by atoms with E-state index in [2.05, 4.69) is 20.7 Å². The minimum absolute atomic E-state index is 0.0500. The summed E-state index contributed by atoms with van der Waals surface area (Å²) in [4.78, 5) is 12.2. The van der Waals surface area contributed by atoms with Gasteiger partial charge in [0, 0.05) is 18.5 Å². The van der Waals surface area contributed by atoms with Gasteiger partial charge in [-0.05, 0) is 29.3 Å². The lowest BCUT2D eigenvalue weighted by atomic mass is 10.0. The van der Waals surface area contributed by atoms with Gasteiger partial charge in [-0.1, -0.05) is 23.4 Å². The van der Waals surface area contributed by atoms with Crippen LogP contribution >= 0.6 is 0 Å². The van der Waals surface area contributed by atoms with Crippen molar-refractivity contribution in [1.82, 2.24) is 24.8 Å². The summed E-state index contributed by atoms with van der Waals surface area (Å²) in [5.74, 6) is -3.23. The Morgan fingerprint density at radius 2 is 1.73 bits per heavy atom. The van der Waals surface area contributed by atoms with Gasteiger partial charge >= 0.3 is 6.18 Å². The van der Waals surface area contributed by atoms with Crippen molar-refractivity contribution in [3.63, 3.8) is 0 Å². The SMILES string of the molecule is O=C(Nc1ccn(Cc2ccc(Cn3ccnn3)cc2C(F)(F)F)n1)c1c(F)cccc1F. The van der Waals surface area contributed by atoms with E-state index >= 15 is 0 Å². The van der Waals surface area contributed by atoms with E-state index in [-0.39, 0.29) is 24.5 Å². The van der Waals surface area contributed by atoms with Crippen LogP contribution in [0.1, 0.15) is 27.0 Å². The lowest BCUT2D eigenvalue weighted by Crippen LogP contribution is -2.17. The van der Waals surface area contributed by atoms with Crippen molar-refractivity contribution < 1.29 is 26.7 Å². The average molecular weight is 462 g/mol. The lowest BCUT2D eigenvalue weighted by Gasteiger charge is -2.15. The van der Waals surface area contributed by atoms with Gasteiger partial charge in [-0.2, -0.15) is 18.3 Å². The molecule has 1 amide bonds. The van der Waals surface area contributed by atoms with Crippen molar-refractivity contribution in [2.45, 2.75) is 19.3 Å². The normalized spacial score (nSPS) is 11.5. The summed E-state index contributed by atoms with van der Waals surface area (Å²) >= 11 is 0. The number of hydrogen-bond acceptors (Lipinski definition) is 4. The molecule has 12 heteroatoms. The number of carbonyl (C=O) groups is 1. The standard InChI is InChI=1S/C21H15F5N6O/c22-16-2-1-3-17(23)19(16)20(33)28-18-6-8-31(29-18)12-14-5-4-13(10-15(14)21(24,25)26)11-32-9-7-27-30-32/h1-10H,11-12H2,(H,28,29,33). The molecule has 1 N–H and O–H groups in total. The Morgan fingerprint density at radius 1 is 0.970 bits per heavy atom. The van der Waals surface area contributed by atoms with E-state index < -0.39 is 34.8 Å². The zero-order valence-corrected chi connectivity index (χ0v) is 16.7. The fourth-order valence-corrected chi connectivity index (χ4v) is 3.21. The number of hydrogen-bond donors (Lipinski definition) is 1. The van der Waals surface area contributed by atoms with Crippen molar-refractivity contribution in [2.24, 2.45) is 0 Å². The molecule has 0 aliphatic carbocycles. The Hall–Kier alpha value is -4.09. The highest BCUT2D eigenvalue weighted by Gasteiger charge is 2.33. The predicted octanol–water partition coefficient (Wildman–Crippen LogP) is 4.12. The zero-order valence-electron chi connectivity index (χ0n) is 16.7. The number of halogens is 5. The van der Waals surface area contributed by atoms with Gasteiger partial charge in [0.1, 0.15) is 17.2 Å². The number of anilines is 1. The first kappa shape index (κ1) is 22.1. The van der Waals surface area contributed by atoms with Crippen LogP contribution in [0.15, 0.2) is 61.1 Å². The molecule has 0 radical (unpaired) electrons. The molecule has 0 saturated carbocycles. The Bertz CT molecular complexity index is 1260.